The molecule has 4 rings (SSSR count). The average Bonchev–Trinajstić information content (AvgIpc) is 3.28. The monoisotopic (exact) mass is 571 g/mol. The van der Waals surface area contributed by atoms with Crippen LogP contribution < -0.4 is 14.9 Å². The van der Waals surface area contributed by atoms with E-state index in [0.717, 1.165) is 11.3 Å². The van der Waals surface area contributed by atoms with Gasteiger partial charge in [-0.25, -0.2) is 8.42 Å². The molecule has 0 radical (unpaired) electrons. The molecule has 0 amide bonds. The summed E-state index contributed by atoms with van der Waals surface area (Å²) in [5.74, 6) is 0.769. The molecule has 184 valence electrons. The Labute approximate surface area is 224 Å². The van der Waals surface area contributed by atoms with Crippen molar-refractivity contribution in [2.24, 2.45) is 5.10 Å². The van der Waals surface area contributed by atoms with Crippen LogP contribution in [0.25, 0.3) is 0 Å². The van der Waals surface area contributed by atoms with Gasteiger partial charge in [0.25, 0.3) is 0 Å². The van der Waals surface area contributed by atoms with Gasteiger partial charge in [-0.15, -0.1) is 0 Å². The van der Waals surface area contributed by atoms with Crippen LogP contribution in [0, 0.1) is 0 Å². The molecule has 0 spiro atoms. The van der Waals surface area contributed by atoms with E-state index in [0.29, 0.717) is 34.3 Å². The average molecular weight is 573 g/mol. The summed E-state index contributed by atoms with van der Waals surface area (Å²) in [6.07, 6.45) is 0.427. The third-order valence-corrected chi connectivity index (χ3v) is 8.38. The lowest BCUT2D eigenvalue weighted by Crippen LogP contribution is -2.34. The molecule has 0 bridgehead atoms. The Kier molecular flexibility index (Phi) is 8.16. The molecule has 6 nitrogen and oxygen atoms in total. The van der Waals surface area contributed by atoms with E-state index >= 15 is 0 Å². The Morgan fingerprint density at radius 1 is 1.03 bits per heavy atom. The van der Waals surface area contributed by atoms with Gasteiger partial charge in [-0.1, -0.05) is 70.7 Å². The Balaban J connectivity index is 1.67. The summed E-state index contributed by atoms with van der Waals surface area (Å²) in [5.41, 5.74) is 5.11. The molecule has 0 aliphatic carbocycles. The van der Waals surface area contributed by atoms with Crippen molar-refractivity contribution < 1.29 is 13.2 Å². The number of nitrogens with one attached hydrogen (secondary N) is 2. The van der Waals surface area contributed by atoms with E-state index < -0.39 is 16.1 Å². The minimum absolute atomic E-state index is 0.00435. The second-order valence-corrected chi connectivity index (χ2v) is 11.1. The van der Waals surface area contributed by atoms with Gasteiger partial charge in [0.15, 0.2) is 0 Å². The van der Waals surface area contributed by atoms with Crippen molar-refractivity contribution in [2.75, 3.05) is 6.61 Å². The fraction of sp³-hybridized carbons (Fsp3) is 0.208. The van der Waals surface area contributed by atoms with E-state index in [2.05, 4.69) is 15.2 Å². The van der Waals surface area contributed by atoms with E-state index in [9.17, 15) is 8.42 Å². The molecule has 3 aromatic carbocycles. The summed E-state index contributed by atoms with van der Waals surface area (Å²) in [6.45, 7) is 2.50. The van der Waals surface area contributed by atoms with Gasteiger partial charge in [-0.2, -0.15) is 9.82 Å². The van der Waals surface area contributed by atoms with E-state index in [1.807, 2.05) is 31.2 Å². The number of hydrogen-bond donors (Lipinski definition) is 2. The molecule has 35 heavy (non-hydrogen) atoms. The first kappa shape index (κ1) is 26.1. The minimum atomic E-state index is -4.16. The zero-order valence-electron chi connectivity index (χ0n) is 18.4. The third kappa shape index (κ3) is 5.88. The Morgan fingerprint density at radius 3 is 2.34 bits per heavy atom. The number of hydrogen-bond acceptors (Lipinski definition) is 5. The zero-order valence-corrected chi connectivity index (χ0v) is 22.3. The van der Waals surface area contributed by atoms with Crippen LogP contribution in [0.5, 0.6) is 5.75 Å². The summed E-state index contributed by atoms with van der Waals surface area (Å²) < 4.78 is 35.0. The van der Waals surface area contributed by atoms with Crippen molar-refractivity contribution in [3.8, 4) is 5.75 Å². The fourth-order valence-electron chi connectivity index (χ4n) is 3.80. The maximum absolute atomic E-state index is 13.4. The molecule has 3 aromatic rings. The number of nitrogens with zero attached hydrogens (tertiary/aromatic N) is 1. The highest BCUT2D eigenvalue weighted by molar-refractivity contribution is 7.89. The number of ether oxygens (including phenoxy) is 1. The molecule has 1 heterocycles. The van der Waals surface area contributed by atoms with Crippen LogP contribution in [-0.4, -0.2) is 20.7 Å². The lowest BCUT2D eigenvalue weighted by Gasteiger charge is -2.21. The van der Waals surface area contributed by atoms with Crippen LogP contribution in [0.2, 0.25) is 20.1 Å². The standard InChI is InChI=1S/C24H21Cl4N3O3S/c1-2-34-16-9-6-14(7-10-16)21-13-22(30-29-21)23(17-11-8-15(25)12-20(17)28)31-35(32,33)24-18(26)4-3-5-19(24)27/h3-12,21,23,29,31H,2,13H2,1H3. The molecule has 2 N–H and O–H groups in total. The maximum Gasteiger partial charge on any atom is 0.244 e. The van der Waals surface area contributed by atoms with Crippen LogP contribution in [0.1, 0.15) is 36.6 Å². The highest BCUT2D eigenvalue weighted by Crippen LogP contribution is 2.35. The number of rotatable bonds is 8. The van der Waals surface area contributed by atoms with Crippen LogP contribution in [0.3, 0.4) is 0 Å². The van der Waals surface area contributed by atoms with Gasteiger partial charge in [0.2, 0.25) is 10.0 Å². The first-order chi connectivity index (χ1) is 16.7. The summed E-state index contributed by atoms with van der Waals surface area (Å²) >= 11 is 24.9. The van der Waals surface area contributed by atoms with Gasteiger partial charge >= 0.3 is 0 Å². The first-order valence-corrected chi connectivity index (χ1v) is 13.6. The maximum atomic E-state index is 13.4. The molecule has 0 fully saturated rings. The SMILES string of the molecule is CCOc1ccc(C2CC(C(NS(=O)(=O)c3c(Cl)cccc3Cl)c3ccc(Cl)cc3Cl)=NN2)cc1. The highest BCUT2D eigenvalue weighted by Gasteiger charge is 2.33. The summed E-state index contributed by atoms with van der Waals surface area (Å²) in [6, 6.07) is 15.9. The van der Waals surface area contributed by atoms with Crippen molar-refractivity contribution in [1.82, 2.24) is 10.1 Å². The lowest BCUT2D eigenvalue weighted by atomic mass is 9.96. The molecule has 11 heteroatoms. The van der Waals surface area contributed by atoms with Crippen molar-refractivity contribution in [2.45, 2.75) is 30.3 Å². The minimum Gasteiger partial charge on any atom is -0.494 e. The van der Waals surface area contributed by atoms with Gasteiger partial charge in [-0.3, -0.25) is 0 Å². The molecular weight excluding hydrogens is 552 g/mol. The van der Waals surface area contributed by atoms with Crippen molar-refractivity contribution in [3.63, 3.8) is 0 Å². The fourth-order valence-corrected chi connectivity index (χ4v) is 6.66. The molecule has 2 unspecified atom stereocenters. The van der Waals surface area contributed by atoms with Gasteiger partial charge in [0, 0.05) is 16.5 Å². The molecule has 1 aliphatic rings. The van der Waals surface area contributed by atoms with E-state index in [1.54, 1.807) is 24.3 Å². The van der Waals surface area contributed by atoms with Crippen LogP contribution in [0.4, 0.5) is 0 Å². The Hall–Kier alpha value is -2.00. The van der Waals surface area contributed by atoms with Crippen LogP contribution >= 0.6 is 46.4 Å². The van der Waals surface area contributed by atoms with Gasteiger partial charge in [-0.05, 0) is 54.4 Å². The molecular formula is C24H21Cl4N3O3S. The van der Waals surface area contributed by atoms with E-state index in [4.69, 9.17) is 51.1 Å². The normalized spacial score (nSPS) is 16.5. The van der Waals surface area contributed by atoms with E-state index in [-0.39, 0.29) is 21.0 Å². The van der Waals surface area contributed by atoms with Crippen molar-refractivity contribution in [1.29, 1.82) is 0 Å². The summed E-state index contributed by atoms with van der Waals surface area (Å²) in [5, 5.41) is 5.19. The Bertz CT molecular complexity index is 1340. The third-order valence-electron chi connectivity index (χ3n) is 5.44. The molecule has 0 aromatic heterocycles. The predicted molar refractivity (Wildman–Crippen MR) is 142 cm³/mol. The Morgan fingerprint density at radius 2 is 1.71 bits per heavy atom. The highest BCUT2D eigenvalue weighted by atomic mass is 35.5. The lowest BCUT2D eigenvalue weighted by molar-refractivity contribution is 0.340. The summed E-state index contributed by atoms with van der Waals surface area (Å²) in [4.78, 5) is -0.215. The topological polar surface area (TPSA) is 79.8 Å². The number of hydrazone groups is 1. The van der Waals surface area contributed by atoms with Crippen LogP contribution in [-0.2, 0) is 10.0 Å². The number of benzene rings is 3. The zero-order chi connectivity index (χ0) is 25.2. The van der Waals surface area contributed by atoms with Gasteiger partial charge in [0.05, 0.1) is 34.4 Å². The van der Waals surface area contributed by atoms with Crippen molar-refractivity contribution >= 4 is 62.1 Å². The van der Waals surface area contributed by atoms with E-state index in [1.165, 1.54) is 12.1 Å². The molecule has 0 saturated carbocycles. The molecule has 0 saturated heterocycles. The molecule has 2 atom stereocenters. The predicted octanol–water partition coefficient (Wildman–Crippen LogP) is 6.81. The summed E-state index contributed by atoms with van der Waals surface area (Å²) in [7, 11) is -4.16. The first-order valence-electron chi connectivity index (χ1n) is 10.7. The number of sulfonamides is 1. The van der Waals surface area contributed by atoms with Gasteiger partial charge in [0.1, 0.15) is 10.6 Å². The number of halogens is 4. The van der Waals surface area contributed by atoms with Crippen molar-refractivity contribution in [3.05, 3.63) is 91.9 Å². The van der Waals surface area contributed by atoms with Crippen LogP contribution in [0.15, 0.2) is 70.7 Å². The second kappa shape index (κ2) is 10.9. The second-order valence-electron chi connectivity index (χ2n) is 7.76. The van der Waals surface area contributed by atoms with Gasteiger partial charge < -0.3 is 10.2 Å². The molecule has 1 aliphatic heterocycles. The quantitative estimate of drug-likeness (QED) is 0.311. The largest absolute Gasteiger partial charge is 0.494 e. The smallest absolute Gasteiger partial charge is 0.244 e.